The van der Waals surface area contributed by atoms with Crippen molar-refractivity contribution in [3.8, 4) is 0 Å². The third-order valence-corrected chi connectivity index (χ3v) is 6.16. The molecule has 0 bridgehead atoms. The van der Waals surface area contributed by atoms with E-state index in [1.807, 2.05) is 17.5 Å². The number of H-pyrrole nitrogens is 1. The van der Waals surface area contributed by atoms with Crippen molar-refractivity contribution in [1.82, 2.24) is 14.9 Å². The van der Waals surface area contributed by atoms with Crippen LogP contribution in [0.2, 0.25) is 0 Å². The zero-order valence-electron chi connectivity index (χ0n) is 16.4. The lowest BCUT2D eigenvalue weighted by molar-refractivity contribution is 0.242. The molecular formula is C25H21N3OS. The molecular weight excluding hydrogens is 390 g/mol. The summed E-state index contributed by atoms with van der Waals surface area (Å²) >= 11 is 1.43. The number of rotatable bonds is 6. The lowest BCUT2D eigenvalue weighted by Gasteiger charge is -2.23. The first-order chi connectivity index (χ1) is 14.8. The molecule has 0 fully saturated rings. The Morgan fingerprint density at radius 3 is 2.53 bits per heavy atom. The van der Waals surface area contributed by atoms with Gasteiger partial charge < -0.3 is 4.98 Å². The van der Waals surface area contributed by atoms with Crippen LogP contribution >= 0.6 is 11.3 Å². The Bertz CT molecular complexity index is 1350. The minimum atomic E-state index is -0.0603. The topological polar surface area (TPSA) is 49.0 Å². The van der Waals surface area contributed by atoms with E-state index in [9.17, 15) is 4.79 Å². The van der Waals surface area contributed by atoms with Gasteiger partial charge in [0.2, 0.25) is 0 Å². The van der Waals surface area contributed by atoms with Crippen molar-refractivity contribution in [3.63, 3.8) is 0 Å². The Balaban J connectivity index is 1.50. The van der Waals surface area contributed by atoms with Crippen molar-refractivity contribution in [2.45, 2.75) is 19.6 Å². The van der Waals surface area contributed by atoms with Crippen LogP contribution in [0.3, 0.4) is 0 Å². The summed E-state index contributed by atoms with van der Waals surface area (Å²) in [6.07, 6.45) is 0. The molecule has 2 aromatic heterocycles. The Morgan fingerprint density at radius 2 is 1.63 bits per heavy atom. The van der Waals surface area contributed by atoms with Crippen LogP contribution in [0.25, 0.3) is 21.0 Å². The molecule has 0 unspecified atom stereocenters. The van der Waals surface area contributed by atoms with Crippen LogP contribution < -0.4 is 5.56 Å². The Hall–Kier alpha value is -3.28. The van der Waals surface area contributed by atoms with Crippen molar-refractivity contribution in [2.75, 3.05) is 0 Å². The SMILES string of the molecule is O=c1[nH]c(CN(Cc2ccccc2)Cc2cccc3ccccc23)nc2ccsc12. The molecule has 0 aliphatic rings. The van der Waals surface area contributed by atoms with Crippen LogP contribution in [-0.4, -0.2) is 14.9 Å². The number of nitrogens with one attached hydrogen (secondary N) is 1. The minimum Gasteiger partial charge on any atom is -0.308 e. The normalized spacial score (nSPS) is 11.5. The molecule has 4 nitrogen and oxygen atoms in total. The van der Waals surface area contributed by atoms with E-state index in [0.29, 0.717) is 17.1 Å². The molecule has 5 rings (SSSR count). The fourth-order valence-electron chi connectivity index (χ4n) is 3.89. The van der Waals surface area contributed by atoms with Gasteiger partial charge in [0, 0.05) is 13.1 Å². The second-order valence-corrected chi connectivity index (χ2v) is 8.33. The average molecular weight is 412 g/mol. The number of fused-ring (bicyclic) bond motifs is 2. The Labute approximate surface area is 178 Å². The molecule has 2 heterocycles. The highest BCUT2D eigenvalue weighted by Gasteiger charge is 2.13. The number of aromatic amines is 1. The highest BCUT2D eigenvalue weighted by atomic mass is 32.1. The molecule has 3 aromatic carbocycles. The second kappa shape index (κ2) is 8.22. The smallest absolute Gasteiger partial charge is 0.268 e. The summed E-state index contributed by atoms with van der Waals surface area (Å²) in [7, 11) is 0. The molecule has 148 valence electrons. The number of hydrogen-bond donors (Lipinski definition) is 1. The molecule has 0 spiro atoms. The molecule has 0 saturated carbocycles. The largest absolute Gasteiger partial charge is 0.308 e. The predicted octanol–water partition coefficient (Wildman–Crippen LogP) is 5.34. The number of nitrogens with zero attached hydrogens (tertiary/aromatic N) is 2. The summed E-state index contributed by atoms with van der Waals surface area (Å²) in [6, 6.07) is 27.2. The predicted molar refractivity (Wildman–Crippen MR) is 124 cm³/mol. The van der Waals surface area contributed by atoms with Gasteiger partial charge in [-0.2, -0.15) is 0 Å². The van der Waals surface area contributed by atoms with Crippen molar-refractivity contribution in [2.24, 2.45) is 0 Å². The fraction of sp³-hybridized carbons (Fsp3) is 0.120. The minimum absolute atomic E-state index is 0.0603. The molecule has 0 aliphatic carbocycles. The van der Waals surface area contributed by atoms with Crippen molar-refractivity contribution >= 4 is 32.3 Å². The molecule has 0 radical (unpaired) electrons. The van der Waals surface area contributed by atoms with Crippen LogP contribution in [-0.2, 0) is 19.6 Å². The van der Waals surface area contributed by atoms with Gasteiger partial charge in [0.15, 0.2) is 0 Å². The van der Waals surface area contributed by atoms with E-state index in [2.05, 4.69) is 76.6 Å². The molecule has 0 atom stereocenters. The van der Waals surface area contributed by atoms with Crippen LogP contribution in [0, 0.1) is 0 Å². The van der Waals surface area contributed by atoms with Crippen LogP contribution in [0.1, 0.15) is 17.0 Å². The summed E-state index contributed by atoms with van der Waals surface area (Å²) in [6.45, 7) is 2.11. The molecule has 1 N–H and O–H groups in total. The average Bonchev–Trinajstić information content (AvgIpc) is 3.24. The van der Waals surface area contributed by atoms with Gasteiger partial charge in [0.25, 0.3) is 5.56 Å². The second-order valence-electron chi connectivity index (χ2n) is 7.42. The zero-order chi connectivity index (χ0) is 20.3. The number of thiophene rings is 1. The maximum absolute atomic E-state index is 12.4. The van der Waals surface area contributed by atoms with Gasteiger partial charge >= 0.3 is 0 Å². The van der Waals surface area contributed by atoms with Crippen LogP contribution in [0.4, 0.5) is 0 Å². The van der Waals surface area contributed by atoms with E-state index in [0.717, 1.165) is 18.6 Å². The van der Waals surface area contributed by atoms with Crippen LogP contribution in [0.5, 0.6) is 0 Å². The van der Waals surface area contributed by atoms with E-state index < -0.39 is 0 Å². The molecule has 5 aromatic rings. The van der Waals surface area contributed by atoms with Crippen molar-refractivity contribution in [3.05, 3.63) is 112 Å². The first kappa shape index (κ1) is 18.7. The van der Waals surface area contributed by atoms with Crippen molar-refractivity contribution < 1.29 is 0 Å². The summed E-state index contributed by atoms with van der Waals surface area (Å²) in [5.41, 5.74) is 3.21. The quantitative estimate of drug-likeness (QED) is 0.410. The van der Waals surface area contributed by atoms with E-state index in [4.69, 9.17) is 4.98 Å². The Morgan fingerprint density at radius 1 is 0.833 bits per heavy atom. The third-order valence-electron chi connectivity index (χ3n) is 5.26. The van der Waals surface area contributed by atoms with Gasteiger partial charge in [-0.25, -0.2) is 4.98 Å². The van der Waals surface area contributed by atoms with Crippen LogP contribution in [0.15, 0.2) is 89.0 Å². The maximum Gasteiger partial charge on any atom is 0.268 e. The van der Waals surface area contributed by atoms with E-state index >= 15 is 0 Å². The molecule has 0 amide bonds. The number of hydrogen-bond acceptors (Lipinski definition) is 4. The molecule has 0 aliphatic heterocycles. The summed E-state index contributed by atoms with van der Waals surface area (Å²) in [5, 5.41) is 4.41. The summed E-state index contributed by atoms with van der Waals surface area (Å²) in [5.74, 6) is 0.696. The first-order valence-corrected chi connectivity index (χ1v) is 10.8. The highest BCUT2D eigenvalue weighted by molar-refractivity contribution is 7.17. The van der Waals surface area contributed by atoms with Gasteiger partial charge in [0.1, 0.15) is 10.5 Å². The standard InChI is InChI=1S/C25H21N3OS/c29-25-24-22(13-14-30-24)26-23(27-25)17-28(15-18-7-2-1-3-8-18)16-20-11-6-10-19-9-4-5-12-21(19)20/h1-14H,15-17H2,(H,26,27,29). The zero-order valence-corrected chi connectivity index (χ0v) is 17.2. The number of benzene rings is 3. The van der Waals surface area contributed by atoms with Gasteiger partial charge in [-0.05, 0) is 33.3 Å². The molecule has 5 heteroatoms. The summed E-state index contributed by atoms with van der Waals surface area (Å²) < 4.78 is 0.683. The van der Waals surface area contributed by atoms with E-state index in [1.54, 1.807) is 0 Å². The fourth-order valence-corrected chi connectivity index (χ4v) is 4.61. The van der Waals surface area contributed by atoms with E-state index in [1.165, 1.54) is 33.2 Å². The van der Waals surface area contributed by atoms with Gasteiger partial charge in [0.05, 0.1) is 12.1 Å². The lowest BCUT2D eigenvalue weighted by Crippen LogP contribution is -2.25. The summed E-state index contributed by atoms with van der Waals surface area (Å²) in [4.78, 5) is 22.4. The molecule has 0 saturated heterocycles. The first-order valence-electron chi connectivity index (χ1n) is 9.95. The van der Waals surface area contributed by atoms with Gasteiger partial charge in [-0.1, -0.05) is 72.8 Å². The highest BCUT2D eigenvalue weighted by Crippen LogP contribution is 2.22. The molecule has 30 heavy (non-hydrogen) atoms. The lowest BCUT2D eigenvalue weighted by atomic mass is 10.0. The monoisotopic (exact) mass is 411 g/mol. The van der Waals surface area contributed by atoms with Gasteiger partial charge in [-0.15, -0.1) is 11.3 Å². The number of aromatic nitrogens is 2. The van der Waals surface area contributed by atoms with Gasteiger partial charge in [-0.3, -0.25) is 9.69 Å². The Kier molecular flexibility index (Phi) is 5.13. The maximum atomic E-state index is 12.4. The third kappa shape index (κ3) is 3.90. The van der Waals surface area contributed by atoms with Crippen molar-refractivity contribution in [1.29, 1.82) is 0 Å². The van der Waals surface area contributed by atoms with E-state index in [-0.39, 0.29) is 5.56 Å².